The van der Waals surface area contributed by atoms with Gasteiger partial charge in [-0.15, -0.1) is 0 Å². The largest absolute Gasteiger partial charge is 0.256 e. The van der Waals surface area contributed by atoms with E-state index in [1.54, 1.807) is 0 Å². The minimum atomic E-state index is 0.667. The van der Waals surface area contributed by atoms with Gasteiger partial charge in [-0.2, -0.15) is 5.26 Å². The molecule has 0 radical (unpaired) electrons. The SMILES string of the molecule is CCCCCCCc1ccc(-c2ccc(-c3ccc(C#N)cc3)nc2)cc1. The first-order valence-corrected chi connectivity index (χ1v) is 9.86. The third-order valence-electron chi connectivity index (χ3n) is 4.93. The Bertz CT molecular complexity index is 870. The minimum Gasteiger partial charge on any atom is -0.256 e. The molecule has 0 atom stereocenters. The lowest BCUT2D eigenvalue weighted by atomic mass is 10.0. The molecule has 3 aromatic rings. The lowest BCUT2D eigenvalue weighted by Gasteiger charge is -2.06. The van der Waals surface area contributed by atoms with Gasteiger partial charge < -0.3 is 0 Å². The van der Waals surface area contributed by atoms with Gasteiger partial charge in [0, 0.05) is 17.3 Å². The first kappa shape index (κ1) is 18.9. The van der Waals surface area contributed by atoms with Crippen LogP contribution in [0.3, 0.4) is 0 Å². The van der Waals surface area contributed by atoms with Gasteiger partial charge in [0.1, 0.15) is 0 Å². The van der Waals surface area contributed by atoms with E-state index < -0.39 is 0 Å². The molecule has 1 aromatic heterocycles. The molecule has 0 aliphatic carbocycles. The Balaban J connectivity index is 1.62. The Labute approximate surface area is 162 Å². The summed E-state index contributed by atoms with van der Waals surface area (Å²) < 4.78 is 0. The molecule has 0 amide bonds. The summed E-state index contributed by atoms with van der Waals surface area (Å²) >= 11 is 0. The molecule has 0 aliphatic heterocycles. The van der Waals surface area contributed by atoms with E-state index in [1.807, 2.05) is 36.5 Å². The average Bonchev–Trinajstić information content (AvgIpc) is 2.74. The second-order valence-corrected chi connectivity index (χ2v) is 6.98. The van der Waals surface area contributed by atoms with Crippen LogP contribution in [0.25, 0.3) is 22.4 Å². The lowest BCUT2D eigenvalue weighted by Crippen LogP contribution is -1.88. The van der Waals surface area contributed by atoms with Gasteiger partial charge in [0.2, 0.25) is 0 Å². The molecule has 0 N–H and O–H groups in total. The summed E-state index contributed by atoms with van der Waals surface area (Å²) in [6.45, 7) is 2.25. The standard InChI is InChI=1S/C25H26N2/c1-2-3-4-5-6-7-20-8-12-22(13-9-20)24-16-17-25(27-19-24)23-14-10-21(18-26)11-15-23/h8-17,19H,2-7H2,1H3. The number of nitrogens with zero attached hydrogens (tertiary/aromatic N) is 2. The maximum atomic E-state index is 8.90. The summed E-state index contributed by atoms with van der Waals surface area (Å²) in [4.78, 5) is 4.60. The number of aromatic nitrogens is 1. The van der Waals surface area contributed by atoms with Crippen LogP contribution in [0.5, 0.6) is 0 Å². The van der Waals surface area contributed by atoms with Crippen LogP contribution in [0.15, 0.2) is 66.9 Å². The van der Waals surface area contributed by atoms with Crippen molar-refractivity contribution < 1.29 is 0 Å². The van der Waals surface area contributed by atoms with Crippen molar-refractivity contribution in [3.05, 3.63) is 78.0 Å². The van der Waals surface area contributed by atoms with E-state index in [-0.39, 0.29) is 0 Å². The van der Waals surface area contributed by atoms with Crippen LogP contribution in [-0.2, 0) is 6.42 Å². The fourth-order valence-electron chi connectivity index (χ4n) is 3.25. The molecule has 2 aromatic carbocycles. The molecule has 0 saturated carbocycles. The number of unbranched alkanes of at least 4 members (excludes halogenated alkanes) is 4. The van der Waals surface area contributed by atoms with E-state index in [0.717, 1.165) is 16.8 Å². The number of pyridine rings is 1. The Kier molecular flexibility index (Phi) is 6.77. The van der Waals surface area contributed by atoms with Crippen molar-refractivity contribution in [2.75, 3.05) is 0 Å². The normalized spacial score (nSPS) is 10.5. The summed E-state index contributed by atoms with van der Waals surface area (Å²) in [5.41, 5.74) is 6.36. The zero-order valence-electron chi connectivity index (χ0n) is 16.0. The Morgan fingerprint density at radius 1 is 0.741 bits per heavy atom. The highest BCUT2D eigenvalue weighted by atomic mass is 14.7. The highest BCUT2D eigenvalue weighted by Crippen LogP contribution is 2.23. The summed E-state index contributed by atoms with van der Waals surface area (Å²) in [5.74, 6) is 0. The Morgan fingerprint density at radius 3 is 2.04 bits per heavy atom. The van der Waals surface area contributed by atoms with E-state index >= 15 is 0 Å². The molecule has 2 heteroatoms. The molecule has 0 bridgehead atoms. The van der Waals surface area contributed by atoms with Crippen LogP contribution in [-0.4, -0.2) is 4.98 Å². The maximum absolute atomic E-state index is 8.90. The summed E-state index contributed by atoms with van der Waals surface area (Å²) in [6.07, 6.45) is 9.70. The van der Waals surface area contributed by atoms with Crippen molar-refractivity contribution in [3.8, 4) is 28.5 Å². The van der Waals surface area contributed by atoms with Gasteiger partial charge in [-0.05, 0) is 42.2 Å². The highest BCUT2D eigenvalue weighted by molar-refractivity contribution is 5.67. The fraction of sp³-hybridized carbons (Fsp3) is 0.280. The molecular weight excluding hydrogens is 328 g/mol. The van der Waals surface area contributed by atoms with Gasteiger partial charge >= 0.3 is 0 Å². The number of nitriles is 1. The Morgan fingerprint density at radius 2 is 1.41 bits per heavy atom. The van der Waals surface area contributed by atoms with Crippen LogP contribution >= 0.6 is 0 Å². The fourth-order valence-corrected chi connectivity index (χ4v) is 3.25. The van der Waals surface area contributed by atoms with Gasteiger partial charge in [0.15, 0.2) is 0 Å². The minimum absolute atomic E-state index is 0.667. The summed E-state index contributed by atoms with van der Waals surface area (Å²) in [7, 11) is 0. The molecule has 0 aliphatic rings. The molecule has 1 heterocycles. The predicted molar refractivity (Wildman–Crippen MR) is 112 cm³/mol. The van der Waals surface area contributed by atoms with E-state index in [4.69, 9.17) is 5.26 Å². The molecule has 0 fully saturated rings. The zero-order chi connectivity index (χ0) is 18.9. The molecule has 0 saturated heterocycles. The second kappa shape index (κ2) is 9.69. The average molecular weight is 354 g/mol. The number of rotatable bonds is 8. The first-order valence-electron chi connectivity index (χ1n) is 9.86. The topological polar surface area (TPSA) is 36.7 Å². The monoisotopic (exact) mass is 354 g/mol. The number of hydrogen-bond donors (Lipinski definition) is 0. The molecule has 27 heavy (non-hydrogen) atoms. The molecule has 2 nitrogen and oxygen atoms in total. The van der Waals surface area contributed by atoms with Crippen LogP contribution in [0.4, 0.5) is 0 Å². The van der Waals surface area contributed by atoms with E-state index in [0.29, 0.717) is 5.56 Å². The van der Waals surface area contributed by atoms with Crippen molar-refractivity contribution >= 4 is 0 Å². The van der Waals surface area contributed by atoms with Gasteiger partial charge in [0.05, 0.1) is 17.3 Å². The van der Waals surface area contributed by atoms with Crippen molar-refractivity contribution in [3.63, 3.8) is 0 Å². The third-order valence-corrected chi connectivity index (χ3v) is 4.93. The van der Waals surface area contributed by atoms with Crippen LogP contribution in [0, 0.1) is 11.3 Å². The Hall–Kier alpha value is -2.92. The van der Waals surface area contributed by atoms with Gasteiger partial charge in [0.25, 0.3) is 0 Å². The third kappa shape index (κ3) is 5.28. The van der Waals surface area contributed by atoms with Crippen LogP contribution < -0.4 is 0 Å². The second-order valence-electron chi connectivity index (χ2n) is 6.98. The zero-order valence-corrected chi connectivity index (χ0v) is 16.0. The van der Waals surface area contributed by atoms with Crippen molar-refractivity contribution in [1.29, 1.82) is 5.26 Å². The van der Waals surface area contributed by atoms with E-state index in [1.165, 1.54) is 49.7 Å². The van der Waals surface area contributed by atoms with Crippen LogP contribution in [0.1, 0.15) is 50.2 Å². The lowest BCUT2D eigenvalue weighted by molar-refractivity contribution is 0.632. The highest BCUT2D eigenvalue weighted by Gasteiger charge is 2.03. The molecule has 136 valence electrons. The summed E-state index contributed by atoms with van der Waals surface area (Å²) in [5, 5.41) is 8.90. The predicted octanol–water partition coefficient (Wildman–Crippen LogP) is 6.80. The maximum Gasteiger partial charge on any atom is 0.0991 e. The van der Waals surface area contributed by atoms with Crippen molar-refractivity contribution in [2.24, 2.45) is 0 Å². The van der Waals surface area contributed by atoms with Crippen molar-refractivity contribution in [2.45, 2.75) is 45.4 Å². The van der Waals surface area contributed by atoms with E-state index in [2.05, 4.69) is 48.3 Å². The quantitative estimate of drug-likeness (QED) is 0.417. The van der Waals surface area contributed by atoms with Gasteiger partial charge in [-0.1, -0.05) is 75.1 Å². The summed E-state index contributed by atoms with van der Waals surface area (Å²) in [6, 6.07) is 22.7. The van der Waals surface area contributed by atoms with Gasteiger partial charge in [-0.25, -0.2) is 0 Å². The first-order chi connectivity index (χ1) is 13.3. The molecule has 3 rings (SSSR count). The number of benzene rings is 2. The smallest absolute Gasteiger partial charge is 0.0991 e. The molecular formula is C25H26N2. The van der Waals surface area contributed by atoms with Crippen molar-refractivity contribution in [1.82, 2.24) is 4.98 Å². The van der Waals surface area contributed by atoms with E-state index in [9.17, 15) is 0 Å². The molecule has 0 spiro atoms. The van der Waals surface area contributed by atoms with Gasteiger partial charge in [-0.3, -0.25) is 4.98 Å². The number of aryl methyl sites for hydroxylation is 1. The van der Waals surface area contributed by atoms with Crippen LogP contribution in [0.2, 0.25) is 0 Å². The molecule has 0 unspecified atom stereocenters. The number of hydrogen-bond acceptors (Lipinski definition) is 2.